The standard InChI is InChI=1S/C10H8F3N/c1-3-7(2)8-6-14-5-4-9(8)10(11,12)13/h1,4-7H,2H3. The maximum atomic E-state index is 12.4. The van der Waals surface area contributed by atoms with Gasteiger partial charge in [-0.1, -0.05) is 5.92 Å². The lowest BCUT2D eigenvalue weighted by Gasteiger charge is -2.13. The van der Waals surface area contributed by atoms with Gasteiger partial charge in [-0.3, -0.25) is 4.98 Å². The second kappa shape index (κ2) is 3.70. The van der Waals surface area contributed by atoms with Gasteiger partial charge in [0.25, 0.3) is 0 Å². The van der Waals surface area contributed by atoms with E-state index in [9.17, 15) is 13.2 Å². The Bertz CT molecular complexity index is 362. The van der Waals surface area contributed by atoms with Crippen LogP contribution in [0.1, 0.15) is 24.0 Å². The van der Waals surface area contributed by atoms with E-state index in [0.29, 0.717) is 0 Å². The van der Waals surface area contributed by atoms with Crippen molar-refractivity contribution in [3.8, 4) is 12.3 Å². The molecule has 0 spiro atoms. The highest BCUT2D eigenvalue weighted by Gasteiger charge is 2.34. The van der Waals surface area contributed by atoms with E-state index in [4.69, 9.17) is 6.42 Å². The number of nitrogens with zero attached hydrogens (tertiary/aromatic N) is 1. The number of hydrogen-bond acceptors (Lipinski definition) is 1. The highest BCUT2D eigenvalue weighted by molar-refractivity contribution is 5.33. The smallest absolute Gasteiger partial charge is 0.264 e. The molecule has 4 heteroatoms. The second-order valence-electron chi connectivity index (χ2n) is 2.85. The molecule has 0 aliphatic heterocycles. The first-order valence-corrected chi connectivity index (χ1v) is 3.94. The van der Waals surface area contributed by atoms with Crippen LogP contribution in [0.15, 0.2) is 18.5 Å². The number of alkyl halides is 3. The van der Waals surface area contributed by atoms with Crippen LogP contribution in [0, 0.1) is 12.3 Å². The van der Waals surface area contributed by atoms with Crippen LogP contribution in [0.25, 0.3) is 0 Å². The highest BCUT2D eigenvalue weighted by atomic mass is 19.4. The Morgan fingerprint density at radius 2 is 2.14 bits per heavy atom. The molecular formula is C10H8F3N. The molecule has 0 fully saturated rings. The second-order valence-corrected chi connectivity index (χ2v) is 2.85. The van der Waals surface area contributed by atoms with E-state index in [1.807, 2.05) is 0 Å². The predicted octanol–water partition coefficient (Wildman–Crippen LogP) is 2.84. The van der Waals surface area contributed by atoms with Crippen molar-refractivity contribution < 1.29 is 13.2 Å². The van der Waals surface area contributed by atoms with Crippen molar-refractivity contribution in [3.63, 3.8) is 0 Å². The van der Waals surface area contributed by atoms with Crippen LogP contribution < -0.4 is 0 Å². The van der Waals surface area contributed by atoms with Crippen molar-refractivity contribution in [1.29, 1.82) is 0 Å². The van der Waals surface area contributed by atoms with Gasteiger partial charge >= 0.3 is 6.18 Å². The molecule has 0 N–H and O–H groups in total. The third-order valence-corrected chi connectivity index (χ3v) is 1.87. The predicted molar refractivity (Wildman–Crippen MR) is 46.5 cm³/mol. The molecule has 0 aromatic carbocycles. The first kappa shape index (κ1) is 10.6. The summed E-state index contributed by atoms with van der Waals surface area (Å²) in [7, 11) is 0. The molecule has 0 aliphatic carbocycles. The Morgan fingerprint density at radius 1 is 1.50 bits per heavy atom. The number of rotatable bonds is 1. The van der Waals surface area contributed by atoms with Gasteiger partial charge in [-0.2, -0.15) is 13.2 Å². The molecule has 1 rings (SSSR count). The van der Waals surface area contributed by atoms with Crippen LogP contribution >= 0.6 is 0 Å². The molecule has 1 unspecified atom stereocenters. The van der Waals surface area contributed by atoms with E-state index in [1.54, 1.807) is 0 Å². The van der Waals surface area contributed by atoms with Crippen LogP contribution in [-0.2, 0) is 6.18 Å². The zero-order valence-corrected chi connectivity index (χ0v) is 7.47. The topological polar surface area (TPSA) is 12.9 Å². The maximum absolute atomic E-state index is 12.4. The van der Waals surface area contributed by atoms with E-state index < -0.39 is 17.7 Å². The minimum atomic E-state index is -4.37. The van der Waals surface area contributed by atoms with Crippen LogP contribution in [-0.4, -0.2) is 4.98 Å². The fraction of sp³-hybridized carbons (Fsp3) is 0.300. The molecule has 0 radical (unpaired) electrons. The SMILES string of the molecule is C#CC(C)c1cnccc1C(F)(F)F. The van der Waals surface area contributed by atoms with Gasteiger partial charge in [-0.25, -0.2) is 0 Å². The first-order valence-electron chi connectivity index (χ1n) is 3.94. The molecule has 1 nitrogen and oxygen atoms in total. The highest BCUT2D eigenvalue weighted by Crippen LogP contribution is 2.34. The minimum Gasteiger partial charge on any atom is -0.264 e. The number of hydrogen-bond donors (Lipinski definition) is 0. The van der Waals surface area contributed by atoms with Gasteiger partial charge < -0.3 is 0 Å². The molecule has 0 saturated carbocycles. The average molecular weight is 199 g/mol. The normalized spacial score (nSPS) is 13.4. The van der Waals surface area contributed by atoms with Gasteiger partial charge in [0.2, 0.25) is 0 Å². The Labute approximate surface area is 80.0 Å². The van der Waals surface area contributed by atoms with Crippen LogP contribution in [0.5, 0.6) is 0 Å². The summed E-state index contributed by atoms with van der Waals surface area (Å²) in [5.74, 6) is 1.67. The summed E-state index contributed by atoms with van der Waals surface area (Å²) < 4.78 is 37.3. The summed E-state index contributed by atoms with van der Waals surface area (Å²) in [5.41, 5.74) is -0.666. The number of pyridine rings is 1. The van der Waals surface area contributed by atoms with Crippen molar-refractivity contribution in [2.75, 3.05) is 0 Å². The fourth-order valence-corrected chi connectivity index (χ4v) is 1.10. The van der Waals surface area contributed by atoms with E-state index in [2.05, 4.69) is 10.9 Å². The van der Waals surface area contributed by atoms with Crippen LogP contribution in [0.4, 0.5) is 13.2 Å². The van der Waals surface area contributed by atoms with Gasteiger partial charge in [0.05, 0.1) is 5.56 Å². The maximum Gasteiger partial charge on any atom is 0.416 e. The zero-order valence-electron chi connectivity index (χ0n) is 7.47. The van der Waals surface area contributed by atoms with Gasteiger partial charge in [0.1, 0.15) is 0 Å². The molecule has 1 heterocycles. The van der Waals surface area contributed by atoms with E-state index in [0.717, 1.165) is 18.5 Å². The van der Waals surface area contributed by atoms with Gasteiger partial charge in [-0.05, 0) is 18.6 Å². The van der Waals surface area contributed by atoms with Crippen LogP contribution in [0.2, 0.25) is 0 Å². The zero-order chi connectivity index (χ0) is 10.8. The summed E-state index contributed by atoms with van der Waals surface area (Å²) >= 11 is 0. The molecule has 0 amide bonds. The van der Waals surface area contributed by atoms with E-state index in [1.165, 1.54) is 6.92 Å². The Hall–Kier alpha value is -1.50. The summed E-state index contributed by atoms with van der Waals surface area (Å²) in [4.78, 5) is 3.63. The molecule has 1 atom stereocenters. The first-order chi connectivity index (χ1) is 6.46. The fourth-order valence-electron chi connectivity index (χ4n) is 1.10. The van der Waals surface area contributed by atoms with Gasteiger partial charge in [0, 0.05) is 18.3 Å². The monoisotopic (exact) mass is 199 g/mol. The molecule has 0 saturated heterocycles. The van der Waals surface area contributed by atoms with Crippen molar-refractivity contribution in [3.05, 3.63) is 29.6 Å². The molecule has 14 heavy (non-hydrogen) atoms. The lowest BCUT2D eigenvalue weighted by molar-refractivity contribution is -0.138. The number of halogens is 3. The summed E-state index contributed by atoms with van der Waals surface area (Å²) in [6.45, 7) is 1.53. The lowest BCUT2D eigenvalue weighted by atomic mass is 9.98. The quantitative estimate of drug-likeness (QED) is 0.634. The minimum absolute atomic E-state index is 0.0440. The number of terminal acetylenes is 1. The van der Waals surface area contributed by atoms with Crippen molar-refractivity contribution in [2.24, 2.45) is 0 Å². The molecule has 0 aliphatic rings. The van der Waals surface area contributed by atoms with E-state index >= 15 is 0 Å². The number of aromatic nitrogens is 1. The average Bonchev–Trinajstić information content (AvgIpc) is 2.15. The van der Waals surface area contributed by atoms with Gasteiger partial charge in [-0.15, -0.1) is 6.42 Å². The molecule has 1 aromatic rings. The molecule has 74 valence electrons. The van der Waals surface area contributed by atoms with Crippen molar-refractivity contribution >= 4 is 0 Å². The molecule has 0 bridgehead atoms. The van der Waals surface area contributed by atoms with E-state index in [-0.39, 0.29) is 5.56 Å². The Morgan fingerprint density at radius 3 is 2.64 bits per heavy atom. The van der Waals surface area contributed by atoms with Gasteiger partial charge in [0.15, 0.2) is 0 Å². The van der Waals surface area contributed by atoms with Crippen LogP contribution in [0.3, 0.4) is 0 Å². The molecular weight excluding hydrogens is 191 g/mol. The summed E-state index contributed by atoms with van der Waals surface area (Å²) in [5, 5.41) is 0. The third kappa shape index (κ3) is 2.05. The largest absolute Gasteiger partial charge is 0.416 e. The Balaban J connectivity index is 3.25. The van der Waals surface area contributed by atoms with Crippen molar-refractivity contribution in [2.45, 2.75) is 19.0 Å². The lowest BCUT2D eigenvalue weighted by Crippen LogP contribution is -2.10. The third-order valence-electron chi connectivity index (χ3n) is 1.87. The van der Waals surface area contributed by atoms with Crippen molar-refractivity contribution in [1.82, 2.24) is 4.98 Å². The Kier molecular flexibility index (Phi) is 2.80. The summed E-state index contributed by atoms with van der Waals surface area (Å²) in [6.07, 6.45) is 2.97. The molecule has 1 aromatic heterocycles. The summed E-state index contributed by atoms with van der Waals surface area (Å²) in [6, 6.07) is 0.934.